The van der Waals surface area contributed by atoms with E-state index in [1.165, 1.54) is 16.3 Å². The second-order valence-corrected chi connectivity index (χ2v) is 6.68. The zero-order chi connectivity index (χ0) is 17.9. The van der Waals surface area contributed by atoms with Crippen LogP contribution in [0.4, 0.5) is 0 Å². The molecule has 2 heterocycles. The average molecular weight is 351 g/mol. The topological polar surface area (TPSA) is 71.0 Å². The molecule has 4 rings (SSSR count). The van der Waals surface area contributed by atoms with Crippen molar-refractivity contribution >= 4 is 28.3 Å². The van der Waals surface area contributed by atoms with Gasteiger partial charge >= 0.3 is 0 Å². The first kappa shape index (κ1) is 16.7. The molecule has 6 nitrogen and oxygen atoms in total. The van der Waals surface area contributed by atoms with Crippen molar-refractivity contribution in [3.05, 3.63) is 48.0 Å². The number of morpholine rings is 1. The number of hydrogen-bond acceptors (Lipinski definition) is 4. The van der Waals surface area contributed by atoms with Crippen LogP contribution in [0.2, 0.25) is 0 Å². The summed E-state index contributed by atoms with van der Waals surface area (Å²) in [6.45, 7) is 1.60. The van der Waals surface area contributed by atoms with Crippen LogP contribution in [0, 0.1) is 0 Å². The third-order valence-electron chi connectivity index (χ3n) is 4.90. The second-order valence-electron chi connectivity index (χ2n) is 6.68. The Hall–Kier alpha value is -2.73. The number of nitrogens with one attached hydrogen (secondary N) is 1. The lowest BCUT2D eigenvalue weighted by Gasteiger charge is -2.33. The van der Waals surface area contributed by atoms with Crippen LogP contribution >= 0.6 is 0 Å². The van der Waals surface area contributed by atoms with Gasteiger partial charge < -0.3 is 9.64 Å². The van der Waals surface area contributed by atoms with E-state index < -0.39 is 0 Å². The molecule has 1 saturated heterocycles. The van der Waals surface area contributed by atoms with Crippen LogP contribution in [0.1, 0.15) is 18.4 Å². The fraction of sp³-hybridized carbons (Fsp3) is 0.350. The molecule has 0 unspecified atom stereocenters. The maximum absolute atomic E-state index is 12.7. The van der Waals surface area contributed by atoms with E-state index in [0.717, 1.165) is 6.42 Å². The minimum atomic E-state index is -0.141. The summed E-state index contributed by atoms with van der Waals surface area (Å²) in [5.74, 6) is -0.242. The summed E-state index contributed by atoms with van der Waals surface area (Å²) in [5, 5.41) is 6.35. The van der Waals surface area contributed by atoms with E-state index in [1.807, 2.05) is 12.1 Å². The van der Waals surface area contributed by atoms with Crippen LogP contribution in [-0.4, -0.2) is 48.2 Å². The molecule has 1 atom stereocenters. The summed E-state index contributed by atoms with van der Waals surface area (Å²) < 4.78 is 5.91. The number of amides is 2. The van der Waals surface area contributed by atoms with Crippen molar-refractivity contribution in [1.82, 2.24) is 10.3 Å². The third kappa shape index (κ3) is 3.46. The molecule has 2 aliphatic heterocycles. The highest BCUT2D eigenvalue weighted by atomic mass is 16.5. The second kappa shape index (κ2) is 7.25. The van der Waals surface area contributed by atoms with Crippen molar-refractivity contribution < 1.29 is 14.3 Å². The van der Waals surface area contributed by atoms with Gasteiger partial charge in [0.05, 0.1) is 12.7 Å². The lowest BCUT2D eigenvalue weighted by molar-refractivity contribution is -0.131. The first-order valence-electron chi connectivity index (χ1n) is 8.93. The first-order chi connectivity index (χ1) is 12.7. The molecule has 6 heteroatoms. The summed E-state index contributed by atoms with van der Waals surface area (Å²) in [4.78, 5) is 25.7. The predicted molar refractivity (Wildman–Crippen MR) is 98.8 cm³/mol. The minimum Gasteiger partial charge on any atom is -0.374 e. The minimum absolute atomic E-state index is 0.0442. The molecule has 2 aromatic carbocycles. The van der Waals surface area contributed by atoms with Gasteiger partial charge in [0.25, 0.3) is 5.91 Å². The molecule has 0 aromatic heterocycles. The molecule has 1 fully saturated rings. The molecule has 134 valence electrons. The molecular formula is C20H21N3O3. The molecule has 0 saturated carbocycles. The van der Waals surface area contributed by atoms with Gasteiger partial charge in [0.1, 0.15) is 5.71 Å². The SMILES string of the molecule is O=C1CCC(C(=O)N2CCO[C@@H](Cc3cccc4ccccc34)C2)=NN1. The Morgan fingerprint density at radius 1 is 1.19 bits per heavy atom. The van der Waals surface area contributed by atoms with Gasteiger partial charge in [-0.1, -0.05) is 42.5 Å². The van der Waals surface area contributed by atoms with Crippen molar-refractivity contribution in [1.29, 1.82) is 0 Å². The standard InChI is InChI=1S/C20H21N3O3/c24-19-9-8-18(21-22-19)20(25)23-10-11-26-16(13-23)12-15-6-3-5-14-4-1-2-7-17(14)15/h1-7,16H,8-13H2,(H,22,24)/t16-/m0/s1. The number of carbonyl (C=O) groups is 2. The van der Waals surface area contributed by atoms with Crippen molar-refractivity contribution in [2.24, 2.45) is 5.10 Å². The summed E-state index contributed by atoms with van der Waals surface area (Å²) in [7, 11) is 0. The molecule has 0 aliphatic carbocycles. The van der Waals surface area contributed by atoms with Gasteiger partial charge in [-0.05, 0) is 16.3 Å². The molecule has 2 amide bonds. The quantitative estimate of drug-likeness (QED) is 0.918. The molecule has 0 radical (unpaired) electrons. The average Bonchev–Trinajstić information content (AvgIpc) is 2.69. The maximum atomic E-state index is 12.7. The number of hydrogen-bond donors (Lipinski definition) is 1. The van der Waals surface area contributed by atoms with Crippen molar-refractivity contribution in [3.8, 4) is 0 Å². The number of hydrazone groups is 1. The summed E-state index contributed by atoms with van der Waals surface area (Å²) in [6.07, 6.45) is 1.43. The van der Waals surface area contributed by atoms with E-state index in [0.29, 0.717) is 38.2 Å². The molecule has 2 aliphatic rings. The Labute approximate surface area is 151 Å². The van der Waals surface area contributed by atoms with Crippen molar-refractivity contribution in [2.45, 2.75) is 25.4 Å². The Balaban J connectivity index is 1.47. The first-order valence-corrected chi connectivity index (χ1v) is 8.93. The van der Waals surface area contributed by atoms with Gasteiger partial charge in [-0.3, -0.25) is 9.59 Å². The van der Waals surface area contributed by atoms with Gasteiger partial charge in [0.2, 0.25) is 5.91 Å². The summed E-state index contributed by atoms with van der Waals surface area (Å²) in [5.41, 5.74) is 4.05. The Morgan fingerprint density at radius 2 is 2.04 bits per heavy atom. The fourth-order valence-electron chi connectivity index (χ4n) is 3.55. The monoisotopic (exact) mass is 351 g/mol. The molecule has 0 spiro atoms. The lowest BCUT2D eigenvalue weighted by atomic mass is 9.99. The molecule has 26 heavy (non-hydrogen) atoms. The smallest absolute Gasteiger partial charge is 0.270 e. The van der Waals surface area contributed by atoms with Gasteiger partial charge in [-0.15, -0.1) is 0 Å². The number of fused-ring (bicyclic) bond motifs is 1. The highest BCUT2D eigenvalue weighted by Gasteiger charge is 2.29. The van der Waals surface area contributed by atoms with Crippen molar-refractivity contribution in [3.63, 3.8) is 0 Å². The van der Waals surface area contributed by atoms with Crippen LogP contribution in [0.5, 0.6) is 0 Å². The highest BCUT2D eigenvalue weighted by molar-refractivity contribution is 6.39. The van der Waals surface area contributed by atoms with Crippen LogP contribution in [0.25, 0.3) is 10.8 Å². The summed E-state index contributed by atoms with van der Waals surface area (Å²) in [6, 6.07) is 14.6. The zero-order valence-electron chi connectivity index (χ0n) is 14.5. The zero-order valence-corrected chi connectivity index (χ0v) is 14.5. The van der Waals surface area contributed by atoms with E-state index in [-0.39, 0.29) is 17.9 Å². The summed E-state index contributed by atoms with van der Waals surface area (Å²) >= 11 is 0. The Morgan fingerprint density at radius 3 is 2.88 bits per heavy atom. The van der Waals surface area contributed by atoms with Gasteiger partial charge in [0.15, 0.2) is 0 Å². The van der Waals surface area contributed by atoms with Crippen LogP contribution < -0.4 is 5.43 Å². The number of rotatable bonds is 3. The molecule has 0 bridgehead atoms. The van der Waals surface area contributed by atoms with E-state index in [2.05, 4.69) is 40.9 Å². The van der Waals surface area contributed by atoms with Crippen LogP contribution in [0.3, 0.4) is 0 Å². The number of ether oxygens (including phenoxy) is 1. The largest absolute Gasteiger partial charge is 0.374 e. The van der Waals surface area contributed by atoms with E-state index in [9.17, 15) is 9.59 Å². The highest BCUT2D eigenvalue weighted by Crippen LogP contribution is 2.22. The maximum Gasteiger partial charge on any atom is 0.270 e. The van der Waals surface area contributed by atoms with Crippen LogP contribution in [-0.2, 0) is 20.7 Å². The lowest BCUT2D eigenvalue weighted by Crippen LogP contribution is -2.49. The van der Waals surface area contributed by atoms with Gasteiger partial charge in [0, 0.05) is 32.4 Å². The Kier molecular flexibility index (Phi) is 4.67. The van der Waals surface area contributed by atoms with Gasteiger partial charge in [-0.25, -0.2) is 5.43 Å². The predicted octanol–water partition coefficient (Wildman–Crippen LogP) is 1.88. The van der Waals surface area contributed by atoms with E-state index >= 15 is 0 Å². The number of carbonyl (C=O) groups excluding carboxylic acids is 2. The third-order valence-corrected chi connectivity index (χ3v) is 4.90. The Bertz CT molecular complexity index is 872. The fourth-order valence-corrected chi connectivity index (χ4v) is 3.55. The molecule has 1 N–H and O–H groups in total. The molecule has 2 aromatic rings. The normalized spacial score (nSPS) is 20.6. The van der Waals surface area contributed by atoms with E-state index in [4.69, 9.17) is 4.74 Å². The van der Waals surface area contributed by atoms with Gasteiger partial charge in [-0.2, -0.15) is 5.10 Å². The number of nitrogens with zero attached hydrogens (tertiary/aromatic N) is 2. The number of benzene rings is 2. The molecular weight excluding hydrogens is 330 g/mol. The van der Waals surface area contributed by atoms with Crippen LogP contribution in [0.15, 0.2) is 47.6 Å². The van der Waals surface area contributed by atoms with E-state index in [1.54, 1.807) is 4.90 Å². The van der Waals surface area contributed by atoms with Crippen molar-refractivity contribution in [2.75, 3.05) is 19.7 Å².